The van der Waals surface area contributed by atoms with Crippen LogP contribution in [0.3, 0.4) is 0 Å². The molecule has 1 aliphatic carbocycles. The average molecular weight is 237 g/mol. The van der Waals surface area contributed by atoms with Gasteiger partial charge in [-0.05, 0) is 51.5 Å². The summed E-state index contributed by atoms with van der Waals surface area (Å²) in [6.07, 6.45) is 9.66. The Morgan fingerprint density at radius 2 is 2.12 bits per heavy atom. The second-order valence-corrected chi connectivity index (χ2v) is 6.06. The molecule has 3 nitrogen and oxygen atoms in total. The monoisotopic (exact) mass is 237 g/mol. The summed E-state index contributed by atoms with van der Waals surface area (Å²) in [7, 11) is 0. The van der Waals surface area contributed by atoms with E-state index in [4.69, 9.17) is 4.74 Å². The van der Waals surface area contributed by atoms with Crippen molar-refractivity contribution in [3.63, 3.8) is 0 Å². The summed E-state index contributed by atoms with van der Waals surface area (Å²) in [5, 5.41) is 0. The van der Waals surface area contributed by atoms with Crippen LogP contribution >= 0.6 is 0 Å². The lowest BCUT2D eigenvalue weighted by Crippen LogP contribution is -2.54. The number of rotatable bonds is 2. The topological polar surface area (TPSA) is 29.5 Å². The highest BCUT2D eigenvalue weighted by Crippen LogP contribution is 2.43. The number of carbonyl (C=O) groups is 1. The molecule has 3 heteroatoms. The van der Waals surface area contributed by atoms with Gasteiger partial charge in [0.05, 0.1) is 5.60 Å². The number of hydrogen-bond donors (Lipinski definition) is 0. The minimum atomic E-state index is 0.233. The molecule has 3 aliphatic rings. The highest BCUT2D eigenvalue weighted by atomic mass is 16.5. The Kier molecular flexibility index (Phi) is 3.22. The molecule has 2 unspecified atom stereocenters. The minimum Gasteiger partial charge on any atom is -0.375 e. The zero-order valence-electron chi connectivity index (χ0n) is 10.6. The lowest BCUT2D eigenvalue weighted by Gasteiger charge is -2.50. The van der Waals surface area contributed by atoms with Gasteiger partial charge in [0.25, 0.3) is 0 Å². The fourth-order valence-corrected chi connectivity index (χ4v) is 3.72. The Morgan fingerprint density at radius 3 is 2.82 bits per heavy atom. The first-order chi connectivity index (χ1) is 8.31. The van der Waals surface area contributed by atoms with Crippen molar-refractivity contribution in [3.8, 4) is 0 Å². The normalized spacial score (nSPS) is 37.6. The minimum absolute atomic E-state index is 0.233. The van der Waals surface area contributed by atoms with E-state index in [0.29, 0.717) is 6.04 Å². The molecule has 3 fully saturated rings. The first kappa shape index (κ1) is 11.7. The number of hydrogen-bond acceptors (Lipinski definition) is 3. The molecule has 3 rings (SSSR count). The third-order valence-electron chi connectivity index (χ3n) is 4.93. The first-order valence-corrected chi connectivity index (χ1v) is 7.15. The zero-order chi connectivity index (χ0) is 11.7. The van der Waals surface area contributed by atoms with E-state index < -0.39 is 0 Å². The van der Waals surface area contributed by atoms with Gasteiger partial charge in [0.1, 0.15) is 6.29 Å². The molecule has 2 saturated heterocycles. The average Bonchev–Trinajstić information content (AvgIpc) is 2.37. The number of likely N-dealkylation sites (tertiary alicyclic amines) is 1. The smallest absolute Gasteiger partial charge is 0.124 e. The SMILES string of the molecule is O=CC1CCCN(C2CCOC3(CCC3)C2)C1. The third kappa shape index (κ3) is 2.27. The molecule has 0 bridgehead atoms. The molecule has 1 saturated carbocycles. The summed E-state index contributed by atoms with van der Waals surface area (Å²) in [6, 6.07) is 0.673. The maximum absolute atomic E-state index is 10.9. The Hall–Kier alpha value is -0.410. The summed E-state index contributed by atoms with van der Waals surface area (Å²) in [5.74, 6) is 0.281. The largest absolute Gasteiger partial charge is 0.375 e. The Balaban J connectivity index is 1.61. The van der Waals surface area contributed by atoms with E-state index in [1.54, 1.807) is 0 Å². The summed E-state index contributed by atoms with van der Waals surface area (Å²) in [6.45, 7) is 3.10. The van der Waals surface area contributed by atoms with Crippen LogP contribution in [0.2, 0.25) is 0 Å². The van der Waals surface area contributed by atoms with Gasteiger partial charge in [0.15, 0.2) is 0 Å². The number of ether oxygens (including phenoxy) is 1. The van der Waals surface area contributed by atoms with Crippen LogP contribution in [0.15, 0.2) is 0 Å². The fraction of sp³-hybridized carbons (Fsp3) is 0.929. The van der Waals surface area contributed by atoms with Gasteiger partial charge in [0, 0.05) is 25.1 Å². The van der Waals surface area contributed by atoms with E-state index in [2.05, 4.69) is 4.90 Å². The van der Waals surface area contributed by atoms with Gasteiger partial charge in [0.2, 0.25) is 0 Å². The maximum atomic E-state index is 10.9. The second-order valence-electron chi connectivity index (χ2n) is 6.06. The summed E-state index contributed by atoms with van der Waals surface area (Å²) in [5.41, 5.74) is 0.233. The number of aldehydes is 1. The van der Waals surface area contributed by atoms with E-state index in [0.717, 1.165) is 32.3 Å². The van der Waals surface area contributed by atoms with Crippen molar-refractivity contribution in [2.24, 2.45) is 5.92 Å². The van der Waals surface area contributed by atoms with E-state index in [1.807, 2.05) is 0 Å². The third-order valence-corrected chi connectivity index (χ3v) is 4.93. The van der Waals surface area contributed by atoms with Crippen molar-refractivity contribution in [3.05, 3.63) is 0 Å². The highest BCUT2D eigenvalue weighted by molar-refractivity contribution is 5.53. The van der Waals surface area contributed by atoms with Gasteiger partial charge in [-0.3, -0.25) is 4.90 Å². The van der Waals surface area contributed by atoms with Gasteiger partial charge in [-0.1, -0.05) is 0 Å². The maximum Gasteiger partial charge on any atom is 0.124 e. The second kappa shape index (κ2) is 4.69. The predicted octanol–water partition coefficient (Wildman–Crippen LogP) is 2.00. The van der Waals surface area contributed by atoms with Crippen LogP contribution in [0.5, 0.6) is 0 Å². The van der Waals surface area contributed by atoms with E-state index in [-0.39, 0.29) is 11.5 Å². The van der Waals surface area contributed by atoms with Crippen LogP contribution in [-0.2, 0) is 9.53 Å². The van der Waals surface area contributed by atoms with Crippen LogP contribution < -0.4 is 0 Å². The molecular weight excluding hydrogens is 214 g/mol. The van der Waals surface area contributed by atoms with E-state index in [1.165, 1.54) is 38.6 Å². The first-order valence-electron chi connectivity index (χ1n) is 7.15. The van der Waals surface area contributed by atoms with Gasteiger partial charge < -0.3 is 9.53 Å². The molecular formula is C14H23NO2. The lowest BCUT2D eigenvalue weighted by atomic mass is 9.73. The lowest BCUT2D eigenvalue weighted by molar-refractivity contribution is -0.151. The van der Waals surface area contributed by atoms with Gasteiger partial charge in [-0.25, -0.2) is 0 Å². The standard InChI is InChI=1S/C14H23NO2/c16-11-12-3-1-7-15(10-12)13-4-8-17-14(9-13)5-2-6-14/h11-13H,1-10H2. The van der Waals surface area contributed by atoms with Crippen molar-refractivity contribution in [2.75, 3.05) is 19.7 Å². The van der Waals surface area contributed by atoms with Crippen LogP contribution in [0.1, 0.15) is 44.9 Å². The zero-order valence-corrected chi connectivity index (χ0v) is 10.6. The molecule has 0 radical (unpaired) electrons. The van der Waals surface area contributed by atoms with Crippen molar-refractivity contribution < 1.29 is 9.53 Å². The molecule has 2 heterocycles. The van der Waals surface area contributed by atoms with E-state index in [9.17, 15) is 4.79 Å². The van der Waals surface area contributed by atoms with Gasteiger partial charge >= 0.3 is 0 Å². The molecule has 96 valence electrons. The van der Waals surface area contributed by atoms with Crippen LogP contribution in [0.4, 0.5) is 0 Å². The molecule has 0 aromatic carbocycles. The van der Waals surface area contributed by atoms with E-state index >= 15 is 0 Å². The highest BCUT2D eigenvalue weighted by Gasteiger charge is 2.44. The molecule has 2 aliphatic heterocycles. The molecule has 17 heavy (non-hydrogen) atoms. The quantitative estimate of drug-likeness (QED) is 0.688. The van der Waals surface area contributed by atoms with Crippen molar-refractivity contribution in [1.29, 1.82) is 0 Å². The van der Waals surface area contributed by atoms with Gasteiger partial charge in [-0.15, -0.1) is 0 Å². The summed E-state index contributed by atoms with van der Waals surface area (Å²) in [4.78, 5) is 13.5. The number of carbonyl (C=O) groups excluding carboxylic acids is 1. The number of nitrogens with zero attached hydrogens (tertiary/aromatic N) is 1. The van der Waals surface area contributed by atoms with Crippen LogP contribution in [0, 0.1) is 5.92 Å². The Bertz CT molecular complexity index is 288. The molecule has 0 N–H and O–H groups in total. The molecule has 0 aromatic rings. The predicted molar refractivity (Wildman–Crippen MR) is 65.9 cm³/mol. The van der Waals surface area contributed by atoms with Crippen molar-refractivity contribution in [1.82, 2.24) is 4.90 Å². The Morgan fingerprint density at radius 1 is 1.24 bits per heavy atom. The van der Waals surface area contributed by atoms with Gasteiger partial charge in [-0.2, -0.15) is 0 Å². The summed E-state index contributed by atoms with van der Waals surface area (Å²) < 4.78 is 5.98. The molecule has 0 aromatic heterocycles. The van der Waals surface area contributed by atoms with Crippen LogP contribution in [0.25, 0.3) is 0 Å². The fourth-order valence-electron chi connectivity index (χ4n) is 3.72. The molecule has 1 spiro atoms. The Labute approximate surface area is 104 Å². The number of piperidine rings is 1. The molecule has 0 amide bonds. The van der Waals surface area contributed by atoms with Crippen LogP contribution in [-0.4, -0.2) is 42.5 Å². The van der Waals surface area contributed by atoms with Crippen molar-refractivity contribution >= 4 is 6.29 Å². The summed E-state index contributed by atoms with van der Waals surface area (Å²) >= 11 is 0. The van der Waals surface area contributed by atoms with Crippen molar-refractivity contribution in [2.45, 2.75) is 56.6 Å². The molecule has 2 atom stereocenters.